The summed E-state index contributed by atoms with van der Waals surface area (Å²) in [5, 5.41) is 3.74. The van der Waals surface area contributed by atoms with Crippen molar-refractivity contribution in [3.8, 4) is 0 Å². The second-order valence-corrected chi connectivity index (χ2v) is 7.08. The summed E-state index contributed by atoms with van der Waals surface area (Å²) in [4.78, 5) is 36.9. The minimum atomic E-state index is -0.408. The van der Waals surface area contributed by atoms with E-state index < -0.39 is 5.97 Å². The molecule has 29 heavy (non-hydrogen) atoms. The van der Waals surface area contributed by atoms with E-state index in [0.29, 0.717) is 17.9 Å². The number of nitrogens with one attached hydrogen (secondary N) is 1. The summed E-state index contributed by atoms with van der Waals surface area (Å²) in [5.41, 5.74) is 4.46. The number of nitrogens with zero attached hydrogens (tertiary/aromatic N) is 1. The molecule has 150 valence electrons. The number of carbonyl (C=O) groups excluding carboxylic acids is 2. The number of rotatable bonds is 5. The summed E-state index contributed by atoms with van der Waals surface area (Å²) in [5.74, 6) is -0.727. The van der Waals surface area contributed by atoms with Crippen molar-refractivity contribution in [3.05, 3.63) is 75.1 Å². The van der Waals surface area contributed by atoms with Crippen molar-refractivity contribution in [2.45, 2.75) is 34.2 Å². The number of hydrogen-bond acceptors (Lipinski definition) is 4. The van der Waals surface area contributed by atoms with Crippen LogP contribution >= 0.6 is 0 Å². The van der Waals surface area contributed by atoms with Gasteiger partial charge in [0.15, 0.2) is 0 Å². The van der Waals surface area contributed by atoms with Gasteiger partial charge in [0.2, 0.25) is 5.91 Å². The van der Waals surface area contributed by atoms with Crippen LogP contribution in [0, 0.1) is 20.8 Å². The van der Waals surface area contributed by atoms with E-state index >= 15 is 0 Å². The van der Waals surface area contributed by atoms with Crippen LogP contribution in [0.2, 0.25) is 0 Å². The number of carbonyl (C=O) groups is 2. The molecule has 1 heterocycles. The van der Waals surface area contributed by atoms with E-state index in [9.17, 15) is 14.4 Å². The summed E-state index contributed by atoms with van der Waals surface area (Å²) in [6.45, 7) is 7.80. The summed E-state index contributed by atoms with van der Waals surface area (Å²) >= 11 is 0. The Morgan fingerprint density at radius 1 is 1.00 bits per heavy atom. The quantitative estimate of drug-likeness (QED) is 0.671. The molecule has 0 bridgehead atoms. The van der Waals surface area contributed by atoms with Gasteiger partial charge in [0.05, 0.1) is 17.7 Å². The Labute approximate surface area is 169 Å². The molecule has 2 aromatic carbocycles. The zero-order valence-corrected chi connectivity index (χ0v) is 17.0. The molecule has 0 saturated heterocycles. The SMILES string of the molecule is CCOC(=O)c1ccc(NC(=O)Cn2c(=O)cc(C)c3cc(C)cc(C)c32)cc1. The lowest BCUT2D eigenvalue weighted by Crippen LogP contribution is -2.28. The average molecular weight is 392 g/mol. The first-order chi connectivity index (χ1) is 13.8. The fraction of sp³-hybridized carbons (Fsp3) is 0.261. The Morgan fingerprint density at radius 2 is 1.69 bits per heavy atom. The fourth-order valence-corrected chi connectivity index (χ4v) is 3.48. The van der Waals surface area contributed by atoms with Gasteiger partial charge in [0.25, 0.3) is 5.56 Å². The first-order valence-electron chi connectivity index (χ1n) is 9.48. The van der Waals surface area contributed by atoms with Crippen molar-refractivity contribution in [2.75, 3.05) is 11.9 Å². The fourth-order valence-electron chi connectivity index (χ4n) is 3.48. The molecule has 1 amide bonds. The Balaban J connectivity index is 1.85. The number of aryl methyl sites for hydroxylation is 3. The molecule has 0 aliphatic carbocycles. The van der Waals surface area contributed by atoms with E-state index in [4.69, 9.17) is 4.74 Å². The normalized spacial score (nSPS) is 10.8. The summed E-state index contributed by atoms with van der Waals surface area (Å²) in [6, 6.07) is 12.0. The largest absolute Gasteiger partial charge is 0.462 e. The topological polar surface area (TPSA) is 77.4 Å². The molecule has 3 aromatic rings. The Kier molecular flexibility index (Phi) is 5.82. The van der Waals surface area contributed by atoms with E-state index in [1.54, 1.807) is 37.3 Å². The van der Waals surface area contributed by atoms with Crippen LogP contribution in [0.5, 0.6) is 0 Å². The molecule has 0 unspecified atom stereocenters. The standard InChI is InChI=1S/C23H24N2O4/c1-5-29-23(28)17-6-8-18(9-7-17)24-20(26)13-25-21(27)12-15(3)19-11-14(2)10-16(4)22(19)25/h6-12H,5,13H2,1-4H3,(H,24,26). The highest BCUT2D eigenvalue weighted by Gasteiger charge is 2.13. The number of hydrogen-bond donors (Lipinski definition) is 1. The summed E-state index contributed by atoms with van der Waals surface area (Å²) < 4.78 is 6.45. The zero-order valence-electron chi connectivity index (χ0n) is 17.0. The lowest BCUT2D eigenvalue weighted by Gasteiger charge is -2.15. The smallest absolute Gasteiger partial charge is 0.338 e. The maximum absolute atomic E-state index is 12.6. The average Bonchev–Trinajstić information content (AvgIpc) is 2.65. The van der Waals surface area contributed by atoms with Crippen LogP contribution in [0.15, 0.2) is 47.3 Å². The molecule has 0 aliphatic heterocycles. The van der Waals surface area contributed by atoms with Gasteiger partial charge in [-0.05, 0) is 69.2 Å². The molecule has 0 fully saturated rings. The third-order valence-corrected chi connectivity index (χ3v) is 4.73. The van der Waals surface area contributed by atoms with Gasteiger partial charge >= 0.3 is 5.97 Å². The predicted octanol–water partition coefficient (Wildman–Crippen LogP) is 3.74. The molecule has 3 rings (SSSR count). The van der Waals surface area contributed by atoms with Gasteiger partial charge < -0.3 is 10.1 Å². The molecular weight excluding hydrogens is 368 g/mol. The first kappa shape index (κ1) is 20.3. The molecule has 6 heteroatoms. The minimum Gasteiger partial charge on any atom is -0.462 e. The van der Waals surface area contributed by atoms with Gasteiger partial charge in [-0.25, -0.2) is 4.79 Å². The van der Waals surface area contributed by atoms with E-state index in [1.165, 1.54) is 4.57 Å². The van der Waals surface area contributed by atoms with E-state index in [-0.39, 0.29) is 18.0 Å². The number of benzene rings is 2. The highest BCUT2D eigenvalue weighted by molar-refractivity contribution is 5.94. The maximum Gasteiger partial charge on any atom is 0.338 e. The Hall–Kier alpha value is -3.41. The van der Waals surface area contributed by atoms with Crippen LogP contribution in [0.3, 0.4) is 0 Å². The van der Waals surface area contributed by atoms with Crippen molar-refractivity contribution < 1.29 is 14.3 Å². The van der Waals surface area contributed by atoms with Crippen molar-refractivity contribution in [1.29, 1.82) is 0 Å². The highest BCUT2D eigenvalue weighted by Crippen LogP contribution is 2.22. The monoisotopic (exact) mass is 392 g/mol. The van der Waals surface area contributed by atoms with Crippen molar-refractivity contribution in [3.63, 3.8) is 0 Å². The van der Waals surface area contributed by atoms with E-state index in [1.807, 2.05) is 32.9 Å². The number of amides is 1. The van der Waals surface area contributed by atoms with Crippen molar-refractivity contribution in [2.24, 2.45) is 0 Å². The maximum atomic E-state index is 12.6. The Bertz CT molecular complexity index is 1140. The number of aromatic nitrogens is 1. The van der Waals surface area contributed by atoms with Crippen LogP contribution in [0.1, 0.15) is 34.0 Å². The third-order valence-electron chi connectivity index (χ3n) is 4.73. The van der Waals surface area contributed by atoms with Crippen molar-refractivity contribution in [1.82, 2.24) is 4.57 Å². The van der Waals surface area contributed by atoms with Crippen LogP contribution in [0.25, 0.3) is 10.9 Å². The Morgan fingerprint density at radius 3 is 2.34 bits per heavy atom. The summed E-state index contributed by atoms with van der Waals surface area (Å²) in [6.07, 6.45) is 0. The van der Waals surface area contributed by atoms with Crippen LogP contribution in [-0.4, -0.2) is 23.1 Å². The van der Waals surface area contributed by atoms with Gasteiger partial charge in [-0.15, -0.1) is 0 Å². The van der Waals surface area contributed by atoms with Gasteiger partial charge in [0, 0.05) is 17.1 Å². The number of fused-ring (bicyclic) bond motifs is 1. The molecule has 0 radical (unpaired) electrons. The zero-order chi connectivity index (χ0) is 21.1. The number of anilines is 1. The van der Waals surface area contributed by atoms with Crippen LogP contribution in [0.4, 0.5) is 5.69 Å². The van der Waals surface area contributed by atoms with Crippen molar-refractivity contribution >= 4 is 28.5 Å². The van der Waals surface area contributed by atoms with Crippen LogP contribution < -0.4 is 10.9 Å². The lowest BCUT2D eigenvalue weighted by atomic mass is 10.0. The molecule has 6 nitrogen and oxygen atoms in total. The molecular formula is C23H24N2O4. The predicted molar refractivity (Wildman–Crippen MR) is 113 cm³/mol. The number of pyridine rings is 1. The van der Waals surface area contributed by atoms with Gasteiger partial charge in [-0.3, -0.25) is 14.2 Å². The molecule has 0 atom stereocenters. The molecule has 0 aliphatic rings. The lowest BCUT2D eigenvalue weighted by molar-refractivity contribution is -0.116. The molecule has 1 aromatic heterocycles. The van der Waals surface area contributed by atoms with E-state index in [0.717, 1.165) is 27.6 Å². The number of esters is 1. The summed E-state index contributed by atoms with van der Waals surface area (Å²) in [7, 11) is 0. The molecule has 1 N–H and O–H groups in total. The van der Waals surface area contributed by atoms with E-state index in [2.05, 4.69) is 5.32 Å². The minimum absolute atomic E-state index is 0.0981. The van der Waals surface area contributed by atoms with Gasteiger partial charge in [-0.1, -0.05) is 11.6 Å². The highest BCUT2D eigenvalue weighted by atomic mass is 16.5. The number of ether oxygens (including phenoxy) is 1. The third kappa shape index (κ3) is 4.37. The van der Waals surface area contributed by atoms with Gasteiger partial charge in [-0.2, -0.15) is 0 Å². The first-order valence-corrected chi connectivity index (χ1v) is 9.48. The van der Waals surface area contributed by atoms with Crippen LogP contribution in [-0.2, 0) is 16.1 Å². The molecule has 0 saturated carbocycles. The second-order valence-electron chi connectivity index (χ2n) is 7.08. The second kappa shape index (κ2) is 8.31. The molecule has 0 spiro atoms. The van der Waals surface area contributed by atoms with Gasteiger partial charge in [0.1, 0.15) is 6.54 Å².